The Labute approximate surface area is 117 Å². The number of rotatable bonds is 6. The second-order valence-electron chi connectivity index (χ2n) is 7.44. The quantitative estimate of drug-likeness (QED) is 0.805. The number of carbonyl (C=O) groups excluding carboxylic acids is 2. The van der Waals surface area contributed by atoms with Crippen molar-refractivity contribution in [3.8, 4) is 0 Å². The standard InChI is InChI=1S/C15H30N2O2/c1-11(12(16)18)8-9-17(7)13(19)15(5,6)10-14(2,3)4/h11H,8-10H2,1-7H3,(H2,16,18). The van der Waals surface area contributed by atoms with Gasteiger partial charge in [-0.1, -0.05) is 41.5 Å². The Bertz CT molecular complexity index is 330. The zero-order valence-corrected chi connectivity index (χ0v) is 13.5. The fraction of sp³-hybridized carbons (Fsp3) is 0.867. The molecule has 112 valence electrons. The maximum Gasteiger partial charge on any atom is 0.227 e. The Kier molecular flexibility index (Phi) is 6.04. The summed E-state index contributed by atoms with van der Waals surface area (Å²) in [6.07, 6.45) is 1.44. The van der Waals surface area contributed by atoms with Crippen molar-refractivity contribution in [2.75, 3.05) is 13.6 Å². The molecule has 1 atom stereocenters. The normalized spacial score (nSPS) is 14.1. The fourth-order valence-corrected chi connectivity index (χ4v) is 2.55. The summed E-state index contributed by atoms with van der Waals surface area (Å²) in [5, 5.41) is 0. The largest absolute Gasteiger partial charge is 0.369 e. The van der Waals surface area contributed by atoms with Crippen LogP contribution in [0.3, 0.4) is 0 Å². The first kappa shape index (κ1) is 17.9. The molecule has 4 nitrogen and oxygen atoms in total. The third-order valence-corrected chi connectivity index (χ3v) is 3.28. The fourth-order valence-electron chi connectivity index (χ4n) is 2.55. The van der Waals surface area contributed by atoms with Crippen LogP contribution in [0.15, 0.2) is 0 Å². The molecule has 0 heterocycles. The summed E-state index contributed by atoms with van der Waals surface area (Å²) in [6, 6.07) is 0. The van der Waals surface area contributed by atoms with Crippen LogP contribution in [0, 0.1) is 16.7 Å². The summed E-state index contributed by atoms with van der Waals surface area (Å²) in [5.41, 5.74) is 4.95. The van der Waals surface area contributed by atoms with E-state index in [1.165, 1.54) is 0 Å². The minimum atomic E-state index is -0.386. The van der Waals surface area contributed by atoms with Crippen molar-refractivity contribution in [1.29, 1.82) is 0 Å². The molecular weight excluding hydrogens is 240 g/mol. The molecule has 0 aromatic heterocycles. The Hall–Kier alpha value is -1.06. The number of hydrogen-bond acceptors (Lipinski definition) is 2. The highest BCUT2D eigenvalue weighted by atomic mass is 16.2. The molecule has 4 heteroatoms. The average molecular weight is 270 g/mol. The van der Waals surface area contributed by atoms with Gasteiger partial charge in [0.1, 0.15) is 0 Å². The number of nitrogens with zero attached hydrogens (tertiary/aromatic N) is 1. The summed E-state index contributed by atoms with van der Waals surface area (Å²) in [4.78, 5) is 25.1. The van der Waals surface area contributed by atoms with Gasteiger partial charge in [0.05, 0.1) is 0 Å². The van der Waals surface area contributed by atoms with Crippen LogP contribution in [0.2, 0.25) is 0 Å². The van der Waals surface area contributed by atoms with Gasteiger partial charge in [0.2, 0.25) is 11.8 Å². The van der Waals surface area contributed by atoms with Crippen LogP contribution in [0.5, 0.6) is 0 Å². The number of primary amides is 1. The van der Waals surface area contributed by atoms with Crippen molar-refractivity contribution in [2.45, 2.75) is 54.4 Å². The van der Waals surface area contributed by atoms with E-state index < -0.39 is 0 Å². The number of carbonyl (C=O) groups is 2. The Morgan fingerprint density at radius 1 is 1.16 bits per heavy atom. The van der Waals surface area contributed by atoms with E-state index in [1.54, 1.807) is 18.9 Å². The van der Waals surface area contributed by atoms with Crippen LogP contribution in [-0.2, 0) is 9.59 Å². The average Bonchev–Trinajstić information content (AvgIpc) is 2.20. The van der Waals surface area contributed by atoms with E-state index in [-0.39, 0.29) is 28.6 Å². The first-order chi connectivity index (χ1) is 8.37. The van der Waals surface area contributed by atoms with Gasteiger partial charge < -0.3 is 10.6 Å². The van der Waals surface area contributed by atoms with Crippen LogP contribution >= 0.6 is 0 Å². The van der Waals surface area contributed by atoms with Crippen molar-refractivity contribution >= 4 is 11.8 Å². The van der Waals surface area contributed by atoms with Crippen LogP contribution in [0.1, 0.15) is 54.4 Å². The van der Waals surface area contributed by atoms with Gasteiger partial charge in [0.25, 0.3) is 0 Å². The zero-order valence-electron chi connectivity index (χ0n) is 13.5. The van der Waals surface area contributed by atoms with E-state index in [0.29, 0.717) is 13.0 Å². The maximum atomic E-state index is 12.4. The second kappa shape index (κ2) is 6.40. The molecule has 0 saturated carbocycles. The molecule has 0 aliphatic rings. The molecule has 0 fully saturated rings. The summed E-state index contributed by atoms with van der Waals surface area (Å²) in [7, 11) is 1.79. The van der Waals surface area contributed by atoms with E-state index in [0.717, 1.165) is 6.42 Å². The molecule has 0 spiro atoms. The van der Waals surface area contributed by atoms with E-state index in [1.807, 2.05) is 13.8 Å². The predicted octanol–water partition coefficient (Wildman–Crippen LogP) is 2.42. The molecule has 0 aromatic carbocycles. The van der Waals surface area contributed by atoms with Gasteiger partial charge in [0, 0.05) is 24.9 Å². The lowest BCUT2D eigenvalue weighted by molar-refractivity contribution is -0.141. The number of nitrogens with two attached hydrogens (primary N) is 1. The Morgan fingerprint density at radius 3 is 2.00 bits per heavy atom. The van der Waals surface area contributed by atoms with E-state index in [2.05, 4.69) is 20.8 Å². The van der Waals surface area contributed by atoms with Crippen molar-refractivity contribution in [3.05, 3.63) is 0 Å². The van der Waals surface area contributed by atoms with Crippen LogP contribution in [0.4, 0.5) is 0 Å². The van der Waals surface area contributed by atoms with Gasteiger partial charge in [-0.15, -0.1) is 0 Å². The molecule has 0 aliphatic carbocycles. The summed E-state index contributed by atoms with van der Waals surface area (Å²) < 4.78 is 0. The third-order valence-electron chi connectivity index (χ3n) is 3.28. The lowest BCUT2D eigenvalue weighted by Gasteiger charge is -2.34. The second-order valence-corrected chi connectivity index (χ2v) is 7.44. The van der Waals surface area contributed by atoms with E-state index >= 15 is 0 Å². The molecule has 1 unspecified atom stereocenters. The molecule has 2 amide bonds. The van der Waals surface area contributed by atoms with Crippen molar-refractivity contribution < 1.29 is 9.59 Å². The maximum absolute atomic E-state index is 12.4. The van der Waals surface area contributed by atoms with Crippen molar-refractivity contribution in [1.82, 2.24) is 4.90 Å². The topological polar surface area (TPSA) is 63.4 Å². The third kappa shape index (κ3) is 6.60. The molecule has 0 aliphatic heterocycles. The Morgan fingerprint density at radius 2 is 1.63 bits per heavy atom. The molecule has 0 bridgehead atoms. The highest BCUT2D eigenvalue weighted by Gasteiger charge is 2.34. The molecule has 0 aromatic rings. The molecular formula is C15H30N2O2. The molecule has 2 N–H and O–H groups in total. The monoisotopic (exact) mass is 270 g/mol. The predicted molar refractivity (Wildman–Crippen MR) is 78.5 cm³/mol. The Balaban J connectivity index is 4.51. The minimum Gasteiger partial charge on any atom is -0.369 e. The highest BCUT2D eigenvalue weighted by Crippen LogP contribution is 2.34. The summed E-state index contributed by atoms with van der Waals surface area (Å²) >= 11 is 0. The SMILES string of the molecule is CC(CCN(C)C(=O)C(C)(C)CC(C)(C)C)C(N)=O. The van der Waals surface area contributed by atoms with Crippen molar-refractivity contribution in [3.63, 3.8) is 0 Å². The van der Waals surface area contributed by atoms with Crippen LogP contribution < -0.4 is 5.73 Å². The van der Waals surface area contributed by atoms with Gasteiger partial charge in [-0.25, -0.2) is 0 Å². The van der Waals surface area contributed by atoms with Gasteiger partial charge in [-0.3, -0.25) is 9.59 Å². The lowest BCUT2D eigenvalue weighted by atomic mass is 9.75. The molecule has 19 heavy (non-hydrogen) atoms. The zero-order chi connectivity index (χ0) is 15.4. The van der Waals surface area contributed by atoms with Crippen LogP contribution in [0.25, 0.3) is 0 Å². The molecule has 0 rings (SSSR count). The van der Waals surface area contributed by atoms with Gasteiger partial charge >= 0.3 is 0 Å². The number of hydrogen-bond donors (Lipinski definition) is 1. The van der Waals surface area contributed by atoms with Crippen molar-refractivity contribution in [2.24, 2.45) is 22.5 Å². The number of amides is 2. The highest BCUT2D eigenvalue weighted by molar-refractivity contribution is 5.82. The van der Waals surface area contributed by atoms with Crippen LogP contribution in [-0.4, -0.2) is 30.3 Å². The smallest absolute Gasteiger partial charge is 0.227 e. The van der Waals surface area contributed by atoms with E-state index in [9.17, 15) is 9.59 Å². The molecule has 0 saturated heterocycles. The lowest BCUT2D eigenvalue weighted by Crippen LogP contribution is -2.41. The minimum absolute atomic E-state index is 0.112. The van der Waals surface area contributed by atoms with Gasteiger partial charge in [-0.05, 0) is 18.3 Å². The first-order valence-electron chi connectivity index (χ1n) is 6.92. The molecule has 0 radical (unpaired) electrons. The summed E-state index contributed by atoms with van der Waals surface area (Å²) in [6.45, 7) is 12.7. The van der Waals surface area contributed by atoms with E-state index in [4.69, 9.17) is 5.73 Å². The van der Waals surface area contributed by atoms with Gasteiger partial charge in [0.15, 0.2) is 0 Å². The summed E-state index contributed by atoms with van der Waals surface area (Å²) in [5.74, 6) is -0.380. The van der Waals surface area contributed by atoms with Gasteiger partial charge in [-0.2, -0.15) is 0 Å². The first-order valence-corrected chi connectivity index (χ1v) is 6.92.